The molecule has 0 aromatic rings. The molecule has 4 heteroatoms. The predicted octanol–water partition coefficient (Wildman–Crippen LogP) is -1.46. The van der Waals surface area contributed by atoms with Gasteiger partial charge in [-0.05, 0) is 37.0 Å². The van der Waals surface area contributed by atoms with Crippen LogP contribution in [0.15, 0.2) is 0 Å². The molecule has 0 N–H and O–H groups in total. The summed E-state index contributed by atoms with van der Waals surface area (Å²) in [5, 5.41) is 21.1. The first-order chi connectivity index (χ1) is 6.00. The van der Waals surface area contributed by atoms with Crippen LogP contribution in [0.5, 0.6) is 0 Å². The van der Waals surface area contributed by atoms with Crippen molar-refractivity contribution in [3.05, 3.63) is 0 Å². The van der Waals surface area contributed by atoms with Crippen LogP contribution in [0.1, 0.15) is 26.2 Å². The Morgan fingerprint density at radius 1 is 1.00 bits per heavy atom. The molecular formula is C9H12O4-2. The highest BCUT2D eigenvalue weighted by Gasteiger charge is 2.27. The zero-order valence-electron chi connectivity index (χ0n) is 7.49. The monoisotopic (exact) mass is 184 g/mol. The van der Waals surface area contributed by atoms with E-state index in [-0.39, 0.29) is 12.3 Å². The van der Waals surface area contributed by atoms with Gasteiger partial charge in [0, 0.05) is 11.9 Å². The van der Waals surface area contributed by atoms with E-state index in [0.717, 1.165) is 0 Å². The molecule has 1 saturated carbocycles. The lowest BCUT2D eigenvalue weighted by Crippen LogP contribution is -2.42. The molecule has 1 fully saturated rings. The van der Waals surface area contributed by atoms with Crippen LogP contribution < -0.4 is 10.2 Å². The normalized spacial score (nSPS) is 34.1. The van der Waals surface area contributed by atoms with Gasteiger partial charge in [-0.2, -0.15) is 0 Å². The summed E-state index contributed by atoms with van der Waals surface area (Å²) in [6.45, 7) is 1.85. The first-order valence-corrected chi connectivity index (χ1v) is 4.42. The molecular weight excluding hydrogens is 172 g/mol. The van der Waals surface area contributed by atoms with E-state index in [1.165, 1.54) is 0 Å². The van der Waals surface area contributed by atoms with Crippen molar-refractivity contribution in [1.29, 1.82) is 0 Å². The fourth-order valence-electron chi connectivity index (χ4n) is 1.99. The molecule has 13 heavy (non-hydrogen) atoms. The van der Waals surface area contributed by atoms with E-state index in [4.69, 9.17) is 0 Å². The van der Waals surface area contributed by atoms with Crippen molar-refractivity contribution >= 4 is 11.9 Å². The summed E-state index contributed by atoms with van der Waals surface area (Å²) in [6.07, 6.45) is 1.20. The molecule has 0 amide bonds. The molecule has 1 aliphatic carbocycles. The largest absolute Gasteiger partial charge is 0.550 e. The number of carboxylic acids is 2. The van der Waals surface area contributed by atoms with E-state index in [0.29, 0.717) is 12.8 Å². The number of aliphatic carboxylic acids is 2. The van der Waals surface area contributed by atoms with Gasteiger partial charge in [0.1, 0.15) is 0 Å². The lowest BCUT2D eigenvalue weighted by atomic mass is 9.76. The van der Waals surface area contributed by atoms with Crippen LogP contribution in [-0.4, -0.2) is 11.9 Å². The van der Waals surface area contributed by atoms with Crippen molar-refractivity contribution < 1.29 is 19.8 Å². The minimum Gasteiger partial charge on any atom is -0.550 e. The lowest BCUT2D eigenvalue weighted by molar-refractivity contribution is -0.318. The Hall–Kier alpha value is -1.06. The summed E-state index contributed by atoms with van der Waals surface area (Å²) >= 11 is 0. The fourth-order valence-corrected chi connectivity index (χ4v) is 1.99. The number of rotatable bonds is 2. The van der Waals surface area contributed by atoms with Crippen LogP contribution in [0.4, 0.5) is 0 Å². The quantitative estimate of drug-likeness (QED) is 0.525. The molecule has 0 saturated heterocycles. The summed E-state index contributed by atoms with van der Waals surface area (Å²) < 4.78 is 0. The second-order valence-electron chi connectivity index (χ2n) is 3.84. The Morgan fingerprint density at radius 2 is 1.38 bits per heavy atom. The number of carboxylic acid groups (broad SMARTS) is 2. The maximum atomic E-state index is 10.5. The van der Waals surface area contributed by atoms with Gasteiger partial charge in [0.25, 0.3) is 0 Å². The van der Waals surface area contributed by atoms with Crippen molar-refractivity contribution in [3.63, 3.8) is 0 Å². The van der Waals surface area contributed by atoms with Gasteiger partial charge in [-0.25, -0.2) is 0 Å². The molecule has 0 aliphatic heterocycles. The summed E-state index contributed by atoms with van der Waals surface area (Å²) in [4.78, 5) is 21.1. The maximum absolute atomic E-state index is 10.5. The van der Waals surface area contributed by atoms with Crippen LogP contribution in [-0.2, 0) is 9.59 Å². The highest BCUT2D eigenvalue weighted by atomic mass is 16.4. The Kier molecular flexibility index (Phi) is 2.90. The molecule has 0 spiro atoms. The third-order valence-electron chi connectivity index (χ3n) is 2.61. The first-order valence-electron chi connectivity index (χ1n) is 4.42. The Bertz CT molecular complexity index is 202. The highest BCUT2D eigenvalue weighted by molar-refractivity contribution is 5.72. The van der Waals surface area contributed by atoms with Crippen LogP contribution in [0.3, 0.4) is 0 Å². The molecule has 0 bridgehead atoms. The first kappa shape index (κ1) is 10.0. The van der Waals surface area contributed by atoms with E-state index in [1.807, 2.05) is 6.92 Å². The van der Waals surface area contributed by atoms with E-state index in [2.05, 4.69) is 0 Å². The van der Waals surface area contributed by atoms with Gasteiger partial charge < -0.3 is 19.8 Å². The van der Waals surface area contributed by atoms with Crippen LogP contribution in [0.25, 0.3) is 0 Å². The maximum Gasteiger partial charge on any atom is 0.0445 e. The van der Waals surface area contributed by atoms with Gasteiger partial charge in [0.2, 0.25) is 0 Å². The van der Waals surface area contributed by atoms with Crippen molar-refractivity contribution in [2.45, 2.75) is 26.2 Å². The van der Waals surface area contributed by atoms with E-state index in [1.54, 1.807) is 0 Å². The Morgan fingerprint density at radius 3 is 1.69 bits per heavy atom. The number of hydrogen-bond donors (Lipinski definition) is 0. The molecule has 1 unspecified atom stereocenters. The number of hydrogen-bond acceptors (Lipinski definition) is 4. The van der Waals surface area contributed by atoms with E-state index in [9.17, 15) is 19.8 Å². The number of carbonyl (C=O) groups is 2. The van der Waals surface area contributed by atoms with E-state index < -0.39 is 23.8 Å². The molecule has 3 atom stereocenters. The van der Waals surface area contributed by atoms with Crippen molar-refractivity contribution in [2.24, 2.45) is 17.8 Å². The van der Waals surface area contributed by atoms with Crippen LogP contribution >= 0.6 is 0 Å². The predicted molar refractivity (Wildman–Crippen MR) is 40.0 cm³/mol. The SMILES string of the molecule is CC1C[C@@H](C(=O)[O-])C[C@@H](C(=O)[O-])C1. The second kappa shape index (κ2) is 3.77. The van der Waals surface area contributed by atoms with Crippen LogP contribution in [0.2, 0.25) is 0 Å². The third kappa shape index (κ3) is 2.44. The van der Waals surface area contributed by atoms with Gasteiger partial charge in [-0.1, -0.05) is 6.92 Å². The Labute approximate surface area is 76.6 Å². The Balaban J connectivity index is 2.62. The molecule has 0 heterocycles. The molecule has 1 rings (SSSR count). The highest BCUT2D eigenvalue weighted by Crippen LogP contribution is 2.32. The topological polar surface area (TPSA) is 80.3 Å². The minimum absolute atomic E-state index is 0.125. The average molecular weight is 184 g/mol. The van der Waals surface area contributed by atoms with Gasteiger partial charge in [0.15, 0.2) is 0 Å². The molecule has 0 aromatic carbocycles. The second-order valence-corrected chi connectivity index (χ2v) is 3.84. The molecule has 0 aromatic heterocycles. The summed E-state index contributed by atoms with van der Waals surface area (Å²) in [5.41, 5.74) is 0. The standard InChI is InChI=1S/C9H14O4/c1-5-2-6(8(10)11)4-7(3-5)9(12)13/h5-7H,2-4H2,1H3,(H,10,11)(H,12,13)/p-2/t5?,6-,7+. The van der Waals surface area contributed by atoms with Gasteiger partial charge in [-0.3, -0.25) is 0 Å². The molecule has 4 nitrogen and oxygen atoms in total. The van der Waals surface area contributed by atoms with Gasteiger partial charge in [0.05, 0.1) is 0 Å². The molecule has 1 aliphatic rings. The van der Waals surface area contributed by atoms with Crippen LogP contribution in [0, 0.1) is 17.8 Å². The number of carbonyl (C=O) groups excluding carboxylic acids is 2. The summed E-state index contributed by atoms with van der Waals surface area (Å²) in [5.74, 6) is -3.39. The van der Waals surface area contributed by atoms with E-state index >= 15 is 0 Å². The van der Waals surface area contributed by atoms with Crippen molar-refractivity contribution in [1.82, 2.24) is 0 Å². The summed E-state index contributed by atoms with van der Waals surface area (Å²) in [6, 6.07) is 0. The average Bonchev–Trinajstić information content (AvgIpc) is 2.03. The van der Waals surface area contributed by atoms with Crippen molar-refractivity contribution in [2.75, 3.05) is 0 Å². The third-order valence-corrected chi connectivity index (χ3v) is 2.61. The zero-order chi connectivity index (χ0) is 10.0. The van der Waals surface area contributed by atoms with Crippen molar-refractivity contribution in [3.8, 4) is 0 Å². The molecule has 0 radical (unpaired) electrons. The summed E-state index contributed by atoms with van der Waals surface area (Å²) in [7, 11) is 0. The van der Waals surface area contributed by atoms with Gasteiger partial charge in [-0.15, -0.1) is 0 Å². The lowest BCUT2D eigenvalue weighted by Gasteiger charge is -2.34. The zero-order valence-corrected chi connectivity index (χ0v) is 7.49. The fraction of sp³-hybridized carbons (Fsp3) is 0.778. The minimum atomic E-state index is -1.14. The smallest absolute Gasteiger partial charge is 0.0445 e. The molecule has 74 valence electrons. The van der Waals surface area contributed by atoms with Gasteiger partial charge >= 0.3 is 0 Å².